The molecule has 88 valence electrons. The Hall–Kier alpha value is -1.06. The second-order valence-electron chi connectivity index (χ2n) is 3.82. The number of hydrogen-bond acceptors (Lipinski definition) is 3. The van der Waals surface area contributed by atoms with Crippen LogP contribution in [-0.4, -0.2) is 23.7 Å². The quantitative estimate of drug-likeness (QED) is 0.499. The zero-order chi connectivity index (χ0) is 11.7. The van der Waals surface area contributed by atoms with E-state index in [1.807, 2.05) is 13.8 Å². The molecule has 0 bridgehead atoms. The van der Waals surface area contributed by atoms with Gasteiger partial charge in [0.1, 0.15) is 0 Å². The summed E-state index contributed by atoms with van der Waals surface area (Å²) in [4.78, 5) is 21.5. The molecule has 0 amide bonds. The summed E-state index contributed by atoms with van der Waals surface area (Å²) in [6, 6.07) is 0. The third-order valence-electron chi connectivity index (χ3n) is 2.13. The molecule has 0 fully saturated rings. The molecule has 0 aliphatic rings. The minimum Gasteiger partial charge on any atom is -0.481 e. The van der Waals surface area contributed by atoms with Crippen molar-refractivity contribution in [3.05, 3.63) is 0 Å². The molecule has 0 saturated heterocycles. The molecular formula is C11H20O4. The van der Waals surface area contributed by atoms with Gasteiger partial charge >= 0.3 is 11.9 Å². The summed E-state index contributed by atoms with van der Waals surface area (Å²) in [6.45, 7) is 4.37. The molecule has 4 heteroatoms. The molecule has 1 N–H and O–H groups in total. The van der Waals surface area contributed by atoms with Crippen LogP contribution in [0.2, 0.25) is 0 Å². The number of carboxylic acids is 1. The number of hydrogen-bond donors (Lipinski definition) is 1. The van der Waals surface area contributed by atoms with Gasteiger partial charge in [0.15, 0.2) is 0 Å². The first kappa shape index (κ1) is 13.9. The number of aliphatic carboxylic acids is 1. The molecule has 1 unspecified atom stereocenters. The maximum Gasteiger partial charge on any atom is 0.306 e. The first-order chi connectivity index (χ1) is 7.06. The van der Waals surface area contributed by atoms with E-state index in [2.05, 4.69) is 0 Å². The fraction of sp³-hybridized carbons (Fsp3) is 0.818. The van der Waals surface area contributed by atoms with Crippen LogP contribution in [0, 0.1) is 5.92 Å². The van der Waals surface area contributed by atoms with Crippen molar-refractivity contribution in [3.8, 4) is 0 Å². The van der Waals surface area contributed by atoms with E-state index >= 15 is 0 Å². The highest BCUT2D eigenvalue weighted by molar-refractivity contribution is 5.70. The highest BCUT2D eigenvalue weighted by atomic mass is 16.5. The van der Waals surface area contributed by atoms with Crippen molar-refractivity contribution >= 4 is 11.9 Å². The van der Waals surface area contributed by atoms with Crippen LogP contribution in [0.5, 0.6) is 0 Å². The van der Waals surface area contributed by atoms with Crippen LogP contribution in [0.3, 0.4) is 0 Å². The lowest BCUT2D eigenvalue weighted by atomic mass is 10.0. The molecule has 1 atom stereocenters. The Morgan fingerprint density at radius 1 is 1.40 bits per heavy atom. The van der Waals surface area contributed by atoms with Crippen LogP contribution >= 0.6 is 0 Å². The first-order valence-corrected chi connectivity index (χ1v) is 5.43. The summed E-state index contributed by atoms with van der Waals surface area (Å²) in [5.41, 5.74) is 0. The summed E-state index contributed by atoms with van der Waals surface area (Å²) in [5.74, 6) is -0.960. The second kappa shape index (κ2) is 8.26. The van der Waals surface area contributed by atoms with E-state index in [0.29, 0.717) is 19.4 Å². The number of carbonyl (C=O) groups excluding carboxylic acids is 1. The van der Waals surface area contributed by atoms with Gasteiger partial charge in [-0.3, -0.25) is 9.59 Å². The van der Waals surface area contributed by atoms with Crippen LogP contribution in [0.4, 0.5) is 0 Å². The number of carboxylic acid groups (broad SMARTS) is 1. The fourth-order valence-electron chi connectivity index (χ4n) is 1.15. The van der Waals surface area contributed by atoms with Gasteiger partial charge in [0.05, 0.1) is 6.61 Å². The highest BCUT2D eigenvalue weighted by Gasteiger charge is 2.11. The van der Waals surface area contributed by atoms with Gasteiger partial charge < -0.3 is 9.84 Å². The van der Waals surface area contributed by atoms with Crippen LogP contribution < -0.4 is 0 Å². The Morgan fingerprint density at radius 3 is 2.60 bits per heavy atom. The topological polar surface area (TPSA) is 63.6 Å². The summed E-state index contributed by atoms with van der Waals surface area (Å²) in [7, 11) is 0. The van der Waals surface area contributed by atoms with Gasteiger partial charge in [0.2, 0.25) is 0 Å². The van der Waals surface area contributed by atoms with Gasteiger partial charge in [-0.25, -0.2) is 0 Å². The van der Waals surface area contributed by atoms with E-state index in [9.17, 15) is 9.59 Å². The summed E-state index contributed by atoms with van der Waals surface area (Å²) < 4.78 is 4.97. The Morgan fingerprint density at radius 2 is 2.07 bits per heavy atom. The SMILES string of the molecule is CCCCOC(=O)CC(C)CCC(=O)O. The fourth-order valence-corrected chi connectivity index (χ4v) is 1.15. The van der Waals surface area contributed by atoms with Gasteiger partial charge in [0.25, 0.3) is 0 Å². The molecule has 0 rings (SSSR count). The van der Waals surface area contributed by atoms with Gasteiger partial charge in [0, 0.05) is 12.8 Å². The molecule has 0 aromatic carbocycles. The van der Waals surface area contributed by atoms with E-state index < -0.39 is 5.97 Å². The largest absolute Gasteiger partial charge is 0.481 e. The van der Waals surface area contributed by atoms with Crippen molar-refractivity contribution in [3.63, 3.8) is 0 Å². The molecule has 4 nitrogen and oxygen atoms in total. The monoisotopic (exact) mass is 216 g/mol. The van der Waals surface area contributed by atoms with E-state index in [0.717, 1.165) is 12.8 Å². The predicted molar refractivity (Wildman–Crippen MR) is 56.5 cm³/mol. The van der Waals surface area contributed by atoms with Crippen LogP contribution in [0.15, 0.2) is 0 Å². The number of rotatable bonds is 8. The summed E-state index contributed by atoms with van der Waals surface area (Å²) in [5, 5.41) is 8.45. The summed E-state index contributed by atoms with van der Waals surface area (Å²) >= 11 is 0. The highest BCUT2D eigenvalue weighted by Crippen LogP contribution is 2.11. The van der Waals surface area contributed by atoms with E-state index in [-0.39, 0.29) is 18.3 Å². The van der Waals surface area contributed by atoms with Crippen LogP contribution in [0.25, 0.3) is 0 Å². The number of ether oxygens (including phenoxy) is 1. The standard InChI is InChI=1S/C11H20O4/c1-3-4-7-15-11(14)8-9(2)5-6-10(12)13/h9H,3-8H2,1-2H3,(H,12,13). The van der Waals surface area contributed by atoms with Crippen molar-refractivity contribution in [2.24, 2.45) is 5.92 Å². The molecule has 0 radical (unpaired) electrons. The third-order valence-corrected chi connectivity index (χ3v) is 2.13. The molecule has 15 heavy (non-hydrogen) atoms. The van der Waals surface area contributed by atoms with Crippen molar-refractivity contribution in [1.29, 1.82) is 0 Å². The number of unbranched alkanes of at least 4 members (excludes halogenated alkanes) is 1. The Bertz CT molecular complexity index is 201. The van der Waals surface area contributed by atoms with E-state index in [4.69, 9.17) is 9.84 Å². The van der Waals surface area contributed by atoms with Gasteiger partial charge in [-0.2, -0.15) is 0 Å². The smallest absolute Gasteiger partial charge is 0.306 e. The predicted octanol–water partition coefficient (Wildman–Crippen LogP) is 2.22. The zero-order valence-corrected chi connectivity index (χ0v) is 9.49. The molecule has 0 aromatic rings. The van der Waals surface area contributed by atoms with Crippen molar-refractivity contribution in [1.82, 2.24) is 0 Å². The van der Waals surface area contributed by atoms with Crippen molar-refractivity contribution in [2.45, 2.75) is 46.0 Å². The maximum absolute atomic E-state index is 11.2. The minimum absolute atomic E-state index is 0.0789. The van der Waals surface area contributed by atoms with E-state index in [1.165, 1.54) is 0 Å². The second-order valence-corrected chi connectivity index (χ2v) is 3.82. The molecule has 0 aliphatic carbocycles. The molecule has 0 aromatic heterocycles. The van der Waals surface area contributed by atoms with Gasteiger partial charge in [-0.05, 0) is 18.8 Å². The molecule has 0 aliphatic heterocycles. The van der Waals surface area contributed by atoms with Crippen LogP contribution in [0.1, 0.15) is 46.0 Å². The van der Waals surface area contributed by atoms with Gasteiger partial charge in [-0.15, -0.1) is 0 Å². The number of esters is 1. The van der Waals surface area contributed by atoms with Crippen molar-refractivity contribution in [2.75, 3.05) is 6.61 Å². The molecule has 0 spiro atoms. The Labute approximate surface area is 90.6 Å². The molecular weight excluding hydrogens is 196 g/mol. The lowest BCUT2D eigenvalue weighted by Gasteiger charge is -2.09. The summed E-state index contributed by atoms with van der Waals surface area (Å²) in [6.07, 6.45) is 2.84. The molecule has 0 saturated carbocycles. The first-order valence-electron chi connectivity index (χ1n) is 5.43. The third kappa shape index (κ3) is 9.25. The zero-order valence-electron chi connectivity index (χ0n) is 9.49. The Balaban J connectivity index is 3.53. The van der Waals surface area contributed by atoms with Gasteiger partial charge in [-0.1, -0.05) is 20.3 Å². The van der Waals surface area contributed by atoms with Crippen molar-refractivity contribution < 1.29 is 19.4 Å². The lowest BCUT2D eigenvalue weighted by molar-refractivity contribution is -0.145. The molecule has 0 heterocycles. The van der Waals surface area contributed by atoms with E-state index in [1.54, 1.807) is 0 Å². The normalized spacial score (nSPS) is 12.1. The maximum atomic E-state index is 11.2. The average molecular weight is 216 g/mol. The minimum atomic E-state index is -0.818. The Kier molecular flexibility index (Phi) is 7.68. The van der Waals surface area contributed by atoms with Crippen LogP contribution in [-0.2, 0) is 14.3 Å². The lowest BCUT2D eigenvalue weighted by Crippen LogP contribution is -2.11. The number of carbonyl (C=O) groups is 2. The average Bonchev–Trinajstić information content (AvgIpc) is 2.15.